The number of thiol groups is 4. The standard InChI is InChI=1S/C34H56N6O10S6/c41-27(9-25-55-23-7-15-39-31(45)35(11-3-19-51)29(43)36(32(39)46)12-4-20-52)49-17-1-2-18-50-28(42)10-26-56-24-8-16-40-33(47)37(13-5-21-53)30(44)38(34(40)48)14-6-22-54/h51-54H,1-26H2. The van der Waals surface area contributed by atoms with Crippen molar-refractivity contribution in [2.75, 3.05) is 59.2 Å². The fraction of sp³-hybridized carbons (Fsp3) is 0.765. The van der Waals surface area contributed by atoms with Gasteiger partial charge in [0.1, 0.15) is 0 Å². The molecular weight excluding hydrogens is 845 g/mol. The Morgan fingerprint density at radius 3 is 0.893 bits per heavy atom. The van der Waals surface area contributed by atoms with Crippen LogP contribution in [0.25, 0.3) is 0 Å². The predicted molar refractivity (Wildman–Crippen MR) is 237 cm³/mol. The summed E-state index contributed by atoms with van der Waals surface area (Å²) >= 11 is 19.6. The molecule has 0 unspecified atom stereocenters. The number of rotatable bonds is 31. The SMILES string of the molecule is O=C(CCSCCCn1c(=O)n(CCCS)c(=O)n(CCCS)c1=O)OCCCCOC(=O)CCSCCCn1c(=O)n(CCCS)c(=O)n(CCCS)c1=O. The Morgan fingerprint density at radius 2 is 0.643 bits per heavy atom. The van der Waals surface area contributed by atoms with Crippen molar-refractivity contribution in [1.82, 2.24) is 27.4 Å². The van der Waals surface area contributed by atoms with Crippen molar-refractivity contribution >= 4 is 86.0 Å². The maximum Gasteiger partial charge on any atom is 0.336 e. The van der Waals surface area contributed by atoms with Gasteiger partial charge in [-0.05, 0) is 85.9 Å². The minimum absolute atomic E-state index is 0.157. The van der Waals surface area contributed by atoms with Crippen LogP contribution in [0.2, 0.25) is 0 Å². The Balaban J connectivity index is 1.60. The molecule has 0 aliphatic rings. The highest BCUT2D eigenvalue weighted by Gasteiger charge is 2.17. The molecule has 0 amide bonds. The first kappa shape index (κ1) is 50.0. The molecule has 0 saturated carbocycles. The summed E-state index contributed by atoms with van der Waals surface area (Å²) in [4.78, 5) is 101. The molecule has 0 spiro atoms. The van der Waals surface area contributed by atoms with E-state index in [9.17, 15) is 38.4 Å². The van der Waals surface area contributed by atoms with Crippen LogP contribution in [0.4, 0.5) is 0 Å². The number of hydrogen-bond donors (Lipinski definition) is 4. The number of thioether (sulfide) groups is 2. The van der Waals surface area contributed by atoms with Crippen LogP contribution < -0.4 is 34.1 Å². The van der Waals surface area contributed by atoms with Gasteiger partial charge in [0.05, 0.1) is 26.1 Å². The fourth-order valence-electron chi connectivity index (χ4n) is 5.31. The van der Waals surface area contributed by atoms with Crippen molar-refractivity contribution in [3.8, 4) is 0 Å². The molecule has 2 aromatic rings. The molecule has 0 aliphatic heterocycles. The molecule has 2 heterocycles. The normalized spacial score (nSPS) is 11.3. The van der Waals surface area contributed by atoms with E-state index in [0.717, 1.165) is 27.4 Å². The van der Waals surface area contributed by atoms with E-state index >= 15 is 0 Å². The Kier molecular flexibility index (Phi) is 26.0. The molecule has 0 N–H and O–H groups in total. The van der Waals surface area contributed by atoms with Crippen LogP contribution in [0.15, 0.2) is 28.8 Å². The van der Waals surface area contributed by atoms with Crippen molar-refractivity contribution < 1.29 is 19.1 Å². The van der Waals surface area contributed by atoms with Gasteiger partial charge in [-0.25, -0.2) is 56.2 Å². The van der Waals surface area contributed by atoms with E-state index in [2.05, 4.69) is 50.5 Å². The van der Waals surface area contributed by atoms with Crippen LogP contribution in [0.1, 0.15) is 64.2 Å². The van der Waals surface area contributed by atoms with E-state index in [0.29, 0.717) is 97.4 Å². The third kappa shape index (κ3) is 17.0. The Bertz CT molecular complexity index is 1650. The molecule has 318 valence electrons. The van der Waals surface area contributed by atoms with Gasteiger partial charge in [0.25, 0.3) is 0 Å². The molecule has 2 aromatic heterocycles. The molecule has 16 nitrogen and oxygen atoms in total. The van der Waals surface area contributed by atoms with Gasteiger partial charge < -0.3 is 9.47 Å². The maximum absolute atomic E-state index is 12.9. The van der Waals surface area contributed by atoms with Crippen LogP contribution in [0.5, 0.6) is 0 Å². The molecule has 0 aliphatic carbocycles. The number of hydrogen-bond acceptors (Lipinski definition) is 16. The summed E-state index contributed by atoms with van der Waals surface area (Å²) in [5.41, 5.74) is -3.71. The quantitative estimate of drug-likeness (QED) is 0.0488. The average Bonchev–Trinajstić information content (AvgIpc) is 3.17. The second-order valence-electron chi connectivity index (χ2n) is 12.5. The number of carbonyl (C=O) groups is 2. The van der Waals surface area contributed by atoms with Crippen LogP contribution >= 0.6 is 74.0 Å². The Morgan fingerprint density at radius 1 is 0.393 bits per heavy atom. The van der Waals surface area contributed by atoms with Gasteiger partial charge >= 0.3 is 46.1 Å². The van der Waals surface area contributed by atoms with Crippen molar-refractivity contribution in [1.29, 1.82) is 0 Å². The highest BCUT2D eigenvalue weighted by Crippen LogP contribution is 2.08. The average molecular weight is 901 g/mol. The number of carbonyl (C=O) groups excluding carboxylic acids is 2. The number of nitrogens with zero attached hydrogens (tertiary/aromatic N) is 6. The first-order valence-corrected chi connectivity index (χ1v) is 23.7. The third-order valence-corrected chi connectivity index (χ3v) is 11.6. The minimum Gasteiger partial charge on any atom is -0.466 e. The topological polar surface area (TPSA) is 185 Å². The van der Waals surface area contributed by atoms with Crippen molar-refractivity contribution in [3.63, 3.8) is 0 Å². The van der Waals surface area contributed by atoms with Gasteiger partial charge in [0.15, 0.2) is 0 Å². The van der Waals surface area contributed by atoms with Gasteiger partial charge in [-0.15, -0.1) is 0 Å². The largest absolute Gasteiger partial charge is 0.466 e. The van der Waals surface area contributed by atoms with Crippen LogP contribution in [0.3, 0.4) is 0 Å². The van der Waals surface area contributed by atoms with Gasteiger partial charge in [0, 0.05) is 50.8 Å². The van der Waals surface area contributed by atoms with E-state index in [1.807, 2.05) is 0 Å². The first-order chi connectivity index (χ1) is 27.0. The molecule has 2 rings (SSSR count). The lowest BCUT2D eigenvalue weighted by Gasteiger charge is -2.13. The smallest absolute Gasteiger partial charge is 0.336 e. The molecular formula is C34H56N6O10S6. The zero-order valence-electron chi connectivity index (χ0n) is 31.8. The highest BCUT2D eigenvalue weighted by molar-refractivity contribution is 7.99. The second kappa shape index (κ2) is 29.1. The van der Waals surface area contributed by atoms with E-state index in [1.54, 1.807) is 0 Å². The zero-order valence-corrected chi connectivity index (χ0v) is 37.0. The Hall–Kier alpha value is -2.14. The fourth-order valence-corrected chi connectivity index (χ4v) is 7.58. The molecule has 0 bridgehead atoms. The second-order valence-corrected chi connectivity index (χ2v) is 16.7. The summed E-state index contributed by atoms with van der Waals surface area (Å²) in [5.74, 6) is 3.54. The minimum atomic E-state index is -0.622. The third-order valence-electron chi connectivity index (χ3n) is 8.24. The van der Waals surface area contributed by atoms with E-state index in [-0.39, 0.29) is 77.3 Å². The van der Waals surface area contributed by atoms with Gasteiger partial charge in [0.2, 0.25) is 0 Å². The zero-order chi connectivity index (χ0) is 41.3. The summed E-state index contributed by atoms with van der Waals surface area (Å²) in [5, 5.41) is 0. The molecule has 0 fully saturated rings. The monoisotopic (exact) mass is 900 g/mol. The molecule has 56 heavy (non-hydrogen) atoms. The Labute approximate surface area is 356 Å². The summed E-state index contributed by atoms with van der Waals surface area (Å²) < 4.78 is 17.1. The molecule has 0 saturated heterocycles. The molecule has 0 atom stereocenters. The molecule has 0 aromatic carbocycles. The lowest BCUT2D eigenvalue weighted by molar-refractivity contribution is -0.145. The number of ether oxygens (including phenoxy) is 2. The maximum atomic E-state index is 12.9. The summed E-state index contributed by atoms with van der Waals surface area (Å²) in [6, 6.07) is 0. The molecule has 0 radical (unpaired) electrons. The van der Waals surface area contributed by atoms with Crippen molar-refractivity contribution in [3.05, 3.63) is 62.9 Å². The number of esters is 2. The molecule has 22 heteroatoms. The van der Waals surface area contributed by atoms with Crippen molar-refractivity contribution in [2.45, 2.75) is 103 Å². The summed E-state index contributed by atoms with van der Waals surface area (Å²) in [7, 11) is 0. The van der Waals surface area contributed by atoms with Crippen LogP contribution in [-0.4, -0.2) is 98.6 Å². The lowest BCUT2D eigenvalue weighted by atomic mass is 10.3. The van der Waals surface area contributed by atoms with E-state index < -0.39 is 34.1 Å². The summed E-state index contributed by atoms with van der Waals surface area (Å²) in [6.07, 6.45) is 4.56. The summed E-state index contributed by atoms with van der Waals surface area (Å²) in [6.45, 7) is 1.46. The van der Waals surface area contributed by atoms with Gasteiger partial charge in [-0.1, -0.05) is 0 Å². The van der Waals surface area contributed by atoms with Crippen LogP contribution in [0, 0.1) is 0 Å². The number of unbranched alkanes of at least 4 members (excludes halogenated alkanes) is 1. The van der Waals surface area contributed by atoms with Gasteiger partial charge in [-0.2, -0.15) is 74.0 Å². The first-order valence-electron chi connectivity index (χ1n) is 18.8. The van der Waals surface area contributed by atoms with Crippen molar-refractivity contribution in [2.24, 2.45) is 0 Å². The lowest BCUT2D eigenvalue weighted by Crippen LogP contribution is -2.54. The van der Waals surface area contributed by atoms with E-state index in [4.69, 9.17) is 9.47 Å². The van der Waals surface area contributed by atoms with Gasteiger partial charge in [-0.3, -0.25) is 9.59 Å². The van der Waals surface area contributed by atoms with E-state index in [1.165, 1.54) is 23.5 Å². The van der Waals surface area contributed by atoms with Crippen LogP contribution in [-0.2, 0) is 58.3 Å². The highest BCUT2D eigenvalue weighted by atomic mass is 32.2. The number of aromatic nitrogens is 6. The predicted octanol–water partition coefficient (Wildman–Crippen LogP) is 1.53.